The van der Waals surface area contributed by atoms with E-state index in [-0.39, 0.29) is 37.7 Å². The Morgan fingerprint density at radius 3 is 1.97 bits per heavy atom. The third kappa shape index (κ3) is 13.1. The fraction of sp³-hybridized carbons (Fsp3) is 0.577. The lowest BCUT2D eigenvalue weighted by Crippen LogP contribution is -2.57. The van der Waals surface area contributed by atoms with Gasteiger partial charge in [-0.2, -0.15) is 0 Å². The molecule has 0 aliphatic rings. The SMILES string of the molecule is CC(C)C(NC(=O)C(CCCN=C(N)N)NC(=O)C(CCCCN)NC(=O)C(N)Cc1ccccc1)C(=O)O. The number of aliphatic imine (C=N–C) groups is 1. The van der Waals surface area contributed by atoms with E-state index < -0.39 is 47.9 Å². The molecule has 4 atom stereocenters. The van der Waals surface area contributed by atoms with Crippen molar-refractivity contribution in [2.24, 2.45) is 33.8 Å². The molecule has 12 N–H and O–H groups in total. The number of benzene rings is 1. The smallest absolute Gasteiger partial charge is 0.326 e. The number of aliphatic carboxylic acids is 1. The molecule has 3 amide bonds. The number of hydrogen-bond acceptors (Lipinski definition) is 7. The van der Waals surface area contributed by atoms with Gasteiger partial charge in [-0.25, -0.2) is 4.79 Å². The Hall–Kier alpha value is -3.71. The highest BCUT2D eigenvalue weighted by molar-refractivity contribution is 5.94. The van der Waals surface area contributed by atoms with E-state index in [1.54, 1.807) is 13.8 Å². The van der Waals surface area contributed by atoms with Crippen molar-refractivity contribution >= 4 is 29.7 Å². The van der Waals surface area contributed by atoms with E-state index in [9.17, 15) is 24.3 Å². The Bertz CT molecular complexity index is 953. The normalized spacial score (nSPS) is 14.0. The quantitative estimate of drug-likeness (QED) is 0.0632. The summed E-state index contributed by atoms with van der Waals surface area (Å²) in [6.07, 6.45) is 2.22. The molecular formula is C26H44N8O5. The summed E-state index contributed by atoms with van der Waals surface area (Å²) in [6.45, 7) is 3.94. The molecule has 0 bridgehead atoms. The molecule has 0 fully saturated rings. The standard InChI is InChI=1S/C26H44N8O5/c1-16(2)21(25(38)39)34-24(37)20(12-8-14-31-26(29)30)33-23(36)19(11-6-7-13-27)32-22(35)18(28)15-17-9-4-3-5-10-17/h3-5,9-10,16,18-21H,6-8,11-15,27-28H2,1-2H3,(H,32,35)(H,33,36)(H,34,37)(H,38,39)(H4,29,30,31). The van der Waals surface area contributed by atoms with Crippen LogP contribution in [0.25, 0.3) is 0 Å². The lowest BCUT2D eigenvalue weighted by Gasteiger charge is -2.26. The molecule has 1 aromatic carbocycles. The van der Waals surface area contributed by atoms with E-state index in [0.29, 0.717) is 25.8 Å². The number of nitrogens with two attached hydrogens (primary N) is 4. The minimum absolute atomic E-state index is 0.111. The number of nitrogens with zero attached hydrogens (tertiary/aromatic N) is 1. The Labute approximate surface area is 229 Å². The van der Waals surface area contributed by atoms with Gasteiger partial charge < -0.3 is 44.0 Å². The van der Waals surface area contributed by atoms with E-state index in [1.165, 1.54) is 0 Å². The molecule has 1 rings (SSSR count). The molecule has 0 saturated heterocycles. The minimum atomic E-state index is -1.19. The largest absolute Gasteiger partial charge is 0.480 e. The highest BCUT2D eigenvalue weighted by Crippen LogP contribution is 2.08. The first-order valence-electron chi connectivity index (χ1n) is 13.1. The molecule has 0 spiro atoms. The van der Waals surface area contributed by atoms with Gasteiger partial charge in [0.05, 0.1) is 6.04 Å². The monoisotopic (exact) mass is 548 g/mol. The molecule has 0 radical (unpaired) electrons. The molecule has 0 aliphatic carbocycles. The predicted octanol–water partition coefficient (Wildman–Crippen LogP) is -1.07. The van der Waals surface area contributed by atoms with E-state index >= 15 is 0 Å². The third-order valence-electron chi connectivity index (χ3n) is 6.02. The van der Waals surface area contributed by atoms with Crippen LogP contribution in [0.15, 0.2) is 35.3 Å². The second-order valence-electron chi connectivity index (χ2n) is 9.72. The summed E-state index contributed by atoms with van der Waals surface area (Å²) in [4.78, 5) is 54.7. The van der Waals surface area contributed by atoms with Crippen LogP contribution in [0.3, 0.4) is 0 Å². The molecule has 0 heterocycles. The summed E-state index contributed by atoms with van der Waals surface area (Å²) in [7, 11) is 0. The fourth-order valence-electron chi connectivity index (χ4n) is 3.81. The van der Waals surface area contributed by atoms with Crippen LogP contribution in [0.1, 0.15) is 51.5 Å². The average Bonchev–Trinajstić information content (AvgIpc) is 2.88. The first-order valence-corrected chi connectivity index (χ1v) is 13.1. The van der Waals surface area contributed by atoms with Gasteiger partial charge in [-0.05, 0) is 56.6 Å². The van der Waals surface area contributed by atoms with Crippen LogP contribution < -0.4 is 38.9 Å². The Morgan fingerprint density at radius 2 is 1.44 bits per heavy atom. The molecule has 0 aliphatic heterocycles. The summed E-state index contributed by atoms with van der Waals surface area (Å²) < 4.78 is 0. The lowest BCUT2D eigenvalue weighted by molar-refractivity contribution is -0.143. The fourth-order valence-corrected chi connectivity index (χ4v) is 3.81. The Kier molecular flexibility index (Phi) is 15.2. The number of carboxylic acid groups (broad SMARTS) is 1. The summed E-state index contributed by atoms with van der Waals surface area (Å²) in [5.74, 6) is -3.46. The van der Waals surface area contributed by atoms with Crippen LogP contribution in [0.5, 0.6) is 0 Å². The van der Waals surface area contributed by atoms with E-state index in [4.69, 9.17) is 22.9 Å². The molecule has 39 heavy (non-hydrogen) atoms. The highest BCUT2D eigenvalue weighted by atomic mass is 16.4. The van der Waals surface area contributed by atoms with Crippen molar-refractivity contribution < 1.29 is 24.3 Å². The van der Waals surface area contributed by atoms with Crippen molar-refractivity contribution in [1.82, 2.24) is 16.0 Å². The number of carbonyl (C=O) groups excluding carboxylic acids is 3. The van der Waals surface area contributed by atoms with Gasteiger partial charge in [0, 0.05) is 6.54 Å². The lowest BCUT2D eigenvalue weighted by atomic mass is 10.0. The van der Waals surface area contributed by atoms with E-state index in [1.807, 2.05) is 30.3 Å². The van der Waals surface area contributed by atoms with Crippen molar-refractivity contribution in [3.63, 3.8) is 0 Å². The van der Waals surface area contributed by atoms with Crippen LogP contribution >= 0.6 is 0 Å². The third-order valence-corrected chi connectivity index (χ3v) is 6.02. The second-order valence-corrected chi connectivity index (χ2v) is 9.72. The minimum Gasteiger partial charge on any atom is -0.480 e. The number of rotatable bonds is 18. The number of hydrogen-bond donors (Lipinski definition) is 8. The number of guanidine groups is 1. The Balaban J connectivity index is 3.02. The highest BCUT2D eigenvalue weighted by Gasteiger charge is 2.31. The Morgan fingerprint density at radius 1 is 0.872 bits per heavy atom. The van der Waals surface area contributed by atoms with Gasteiger partial charge in [-0.15, -0.1) is 0 Å². The first kappa shape index (κ1) is 33.3. The molecular weight excluding hydrogens is 504 g/mol. The first-order chi connectivity index (χ1) is 18.5. The molecule has 4 unspecified atom stereocenters. The number of carbonyl (C=O) groups is 4. The van der Waals surface area contributed by atoms with Gasteiger partial charge in [0.25, 0.3) is 0 Å². The second kappa shape index (κ2) is 17.7. The maximum Gasteiger partial charge on any atom is 0.326 e. The average molecular weight is 549 g/mol. The van der Waals surface area contributed by atoms with Crippen molar-refractivity contribution in [2.45, 2.75) is 76.5 Å². The van der Waals surface area contributed by atoms with Crippen LogP contribution in [-0.2, 0) is 25.6 Å². The zero-order chi connectivity index (χ0) is 29.4. The van der Waals surface area contributed by atoms with Crippen LogP contribution in [0, 0.1) is 5.92 Å². The van der Waals surface area contributed by atoms with Crippen LogP contribution in [0.4, 0.5) is 0 Å². The zero-order valence-corrected chi connectivity index (χ0v) is 22.8. The summed E-state index contributed by atoms with van der Waals surface area (Å²) >= 11 is 0. The van der Waals surface area contributed by atoms with Crippen molar-refractivity contribution in [2.75, 3.05) is 13.1 Å². The summed E-state index contributed by atoms with van der Waals surface area (Å²) in [5, 5.41) is 17.3. The summed E-state index contributed by atoms with van der Waals surface area (Å²) in [5.41, 5.74) is 23.3. The summed E-state index contributed by atoms with van der Waals surface area (Å²) in [6, 6.07) is 5.15. The molecule has 0 saturated carbocycles. The van der Waals surface area contributed by atoms with E-state index in [2.05, 4.69) is 20.9 Å². The molecule has 1 aromatic rings. The molecule has 13 heteroatoms. The van der Waals surface area contributed by atoms with E-state index in [0.717, 1.165) is 5.56 Å². The van der Waals surface area contributed by atoms with Crippen LogP contribution in [-0.4, -0.2) is 72.0 Å². The van der Waals surface area contributed by atoms with Gasteiger partial charge in [-0.1, -0.05) is 44.2 Å². The van der Waals surface area contributed by atoms with Gasteiger partial charge in [-0.3, -0.25) is 19.4 Å². The van der Waals surface area contributed by atoms with Gasteiger partial charge in [0.1, 0.15) is 18.1 Å². The number of carboxylic acids is 1. The molecule has 0 aromatic heterocycles. The maximum atomic E-state index is 13.3. The maximum absolute atomic E-state index is 13.3. The van der Waals surface area contributed by atoms with Crippen molar-refractivity contribution in [3.05, 3.63) is 35.9 Å². The van der Waals surface area contributed by atoms with Crippen molar-refractivity contribution in [3.8, 4) is 0 Å². The van der Waals surface area contributed by atoms with Gasteiger partial charge in [0.15, 0.2) is 5.96 Å². The van der Waals surface area contributed by atoms with Crippen LogP contribution in [0.2, 0.25) is 0 Å². The number of nitrogens with one attached hydrogen (secondary N) is 3. The van der Waals surface area contributed by atoms with Gasteiger partial charge >= 0.3 is 5.97 Å². The number of amides is 3. The molecule has 218 valence electrons. The molecule has 13 nitrogen and oxygen atoms in total. The zero-order valence-electron chi connectivity index (χ0n) is 22.8. The number of unbranched alkanes of at least 4 members (excludes halogenated alkanes) is 1. The predicted molar refractivity (Wildman–Crippen MR) is 149 cm³/mol. The van der Waals surface area contributed by atoms with Gasteiger partial charge in [0.2, 0.25) is 17.7 Å². The van der Waals surface area contributed by atoms with Crippen molar-refractivity contribution in [1.29, 1.82) is 0 Å². The topological polar surface area (TPSA) is 241 Å².